The van der Waals surface area contributed by atoms with Crippen LogP contribution in [0.1, 0.15) is 0 Å². The number of nitrogens with zero attached hydrogens (tertiary/aromatic N) is 3. The first-order chi connectivity index (χ1) is 12.9. The highest BCUT2D eigenvalue weighted by atomic mass is 32.2. The van der Waals surface area contributed by atoms with Crippen LogP contribution < -0.4 is 4.74 Å². The summed E-state index contributed by atoms with van der Waals surface area (Å²) in [7, 11) is -1.54. The van der Waals surface area contributed by atoms with E-state index in [0.29, 0.717) is 38.5 Å². The van der Waals surface area contributed by atoms with Gasteiger partial charge in [0.25, 0.3) is 5.91 Å². The number of rotatable bonds is 7. The van der Waals surface area contributed by atoms with Crippen molar-refractivity contribution in [2.75, 3.05) is 52.8 Å². The van der Waals surface area contributed by atoms with E-state index in [2.05, 4.69) is 4.57 Å². The first-order valence-electron chi connectivity index (χ1n) is 8.82. The molecular formula is C18H25N3O5S. The van der Waals surface area contributed by atoms with Crippen molar-refractivity contribution in [3.63, 3.8) is 0 Å². The third kappa shape index (κ3) is 4.60. The van der Waals surface area contributed by atoms with Crippen molar-refractivity contribution in [3.8, 4) is 5.75 Å². The van der Waals surface area contributed by atoms with Gasteiger partial charge in [-0.25, -0.2) is 8.42 Å². The van der Waals surface area contributed by atoms with Crippen molar-refractivity contribution in [2.45, 2.75) is 6.54 Å². The number of fused-ring (bicyclic) bond motifs is 1. The number of ether oxygens (including phenoxy) is 2. The Bertz CT molecular complexity index is 901. The van der Waals surface area contributed by atoms with Gasteiger partial charge in [-0.05, 0) is 18.2 Å². The molecule has 0 spiro atoms. The minimum Gasteiger partial charge on any atom is -0.483 e. The first-order valence-corrected chi connectivity index (χ1v) is 10.7. The van der Waals surface area contributed by atoms with Crippen molar-refractivity contribution in [3.05, 3.63) is 30.5 Å². The number of hydrogen-bond acceptors (Lipinski definition) is 5. The lowest BCUT2D eigenvalue weighted by molar-refractivity contribution is -0.134. The third-order valence-electron chi connectivity index (χ3n) is 4.72. The quantitative estimate of drug-likeness (QED) is 0.692. The molecule has 0 N–H and O–H groups in total. The molecule has 0 unspecified atom stereocenters. The Kier molecular flexibility index (Phi) is 6.03. The number of benzene rings is 1. The fraction of sp³-hybridized carbons (Fsp3) is 0.500. The lowest BCUT2D eigenvalue weighted by Gasteiger charge is -2.33. The smallest absolute Gasteiger partial charge is 0.260 e. The molecular weight excluding hydrogens is 370 g/mol. The Morgan fingerprint density at radius 2 is 1.89 bits per heavy atom. The van der Waals surface area contributed by atoms with Gasteiger partial charge in [0.2, 0.25) is 10.0 Å². The molecule has 0 radical (unpaired) electrons. The van der Waals surface area contributed by atoms with E-state index in [1.54, 1.807) is 12.0 Å². The van der Waals surface area contributed by atoms with Gasteiger partial charge in [-0.15, -0.1) is 0 Å². The molecule has 148 valence electrons. The minimum absolute atomic E-state index is 0.0682. The van der Waals surface area contributed by atoms with Crippen LogP contribution in [0.15, 0.2) is 30.5 Å². The molecule has 2 aromatic rings. The zero-order valence-electron chi connectivity index (χ0n) is 15.6. The molecule has 1 amide bonds. The topological polar surface area (TPSA) is 81.1 Å². The maximum atomic E-state index is 12.4. The Balaban J connectivity index is 1.60. The number of methoxy groups -OCH3 is 1. The third-order valence-corrected chi connectivity index (χ3v) is 6.02. The largest absolute Gasteiger partial charge is 0.483 e. The average Bonchev–Trinajstić information content (AvgIpc) is 3.07. The molecule has 8 nitrogen and oxygen atoms in total. The predicted molar refractivity (Wildman–Crippen MR) is 102 cm³/mol. The van der Waals surface area contributed by atoms with Gasteiger partial charge in [0.05, 0.1) is 18.4 Å². The SMILES string of the molecule is COCCn1ccc2c(OCC(=O)N3CCN(S(C)(=O)=O)CC3)cccc21. The molecule has 3 rings (SSSR count). The van der Waals surface area contributed by atoms with Gasteiger partial charge in [-0.2, -0.15) is 4.31 Å². The maximum absolute atomic E-state index is 12.4. The van der Waals surface area contributed by atoms with Gasteiger partial charge in [-0.1, -0.05) is 6.07 Å². The fourth-order valence-corrected chi connectivity index (χ4v) is 4.03. The molecule has 9 heteroatoms. The van der Waals surface area contributed by atoms with Crippen molar-refractivity contribution >= 4 is 26.8 Å². The molecule has 1 aromatic heterocycles. The Labute approximate surface area is 159 Å². The molecule has 1 fully saturated rings. The van der Waals surface area contributed by atoms with Crippen LogP contribution in [0.4, 0.5) is 0 Å². The fourth-order valence-electron chi connectivity index (χ4n) is 3.21. The van der Waals surface area contributed by atoms with E-state index in [1.807, 2.05) is 30.5 Å². The van der Waals surface area contributed by atoms with Gasteiger partial charge >= 0.3 is 0 Å². The van der Waals surface area contributed by atoms with Crippen LogP contribution in [0.25, 0.3) is 10.9 Å². The predicted octanol–water partition coefficient (Wildman–Crippen LogP) is 0.770. The Morgan fingerprint density at radius 1 is 1.15 bits per heavy atom. The molecule has 27 heavy (non-hydrogen) atoms. The summed E-state index contributed by atoms with van der Waals surface area (Å²) in [5.74, 6) is 0.519. The summed E-state index contributed by atoms with van der Waals surface area (Å²) in [5.41, 5.74) is 1.03. The summed E-state index contributed by atoms with van der Waals surface area (Å²) in [6, 6.07) is 7.72. The van der Waals surface area contributed by atoms with Crippen LogP contribution in [-0.4, -0.2) is 80.9 Å². The summed E-state index contributed by atoms with van der Waals surface area (Å²) in [6.07, 6.45) is 3.16. The monoisotopic (exact) mass is 395 g/mol. The molecule has 0 atom stereocenters. The number of hydrogen-bond donors (Lipinski definition) is 0. The molecule has 0 bridgehead atoms. The highest BCUT2D eigenvalue weighted by molar-refractivity contribution is 7.88. The number of amides is 1. The number of piperazine rings is 1. The average molecular weight is 395 g/mol. The molecule has 1 aromatic carbocycles. The van der Waals surface area contributed by atoms with Crippen LogP contribution in [0, 0.1) is 0 Å². The van der Waals surface area contributed by atoms with E-state index in [0.717, 1.165) is 17.4 Å². The van der Waals surface area contributed by atoms with Gasteiger partial charge in [0, 0.05) is 51.4 Å². The number of aromatic nitrogens is 1. The van der Waals surface area contributed by atoms with Gasteiger partial charge in [0.15, 0.2) is 6.61 Å². The summed E-state index contributed by atoms with van der Waals surface area (Å²) in [6.45, 7) is 2.70. The lowest BCUT2D eigenvalue weighted by atomic mass is 10.2. The normalized spacial score (nSPS) is 16.0. The second kappa shape index (κ2) is 8.28. The Morgan fingerprint density at radius 3 is 2.56 bits per heavy atom. The van der Waals surface area contributed by atoms with Crippen molar-refractivity contribution < 1.29 is 22.7 Å². The number of sulfonamides is 1. The maximum Gasteiger partial charge on any atom is 0.260 e. The van der Waals surface area contributed by atoms with Gasteiger partial charge < -0.3 is 18.9 Å². The highest BCUT2D eigenvalue weighted by Gasteiger charge is 2.26. The van der Waals surface area contributed by atoms with Crippen molar-refractivity contribution in [1.82, 2.24) is 13.8 Å². The summed E-state index contributed by atoms with van der Waals surface area (Å²) >= 11 is 0. The first kappa shape index (κ1) is 19.7. The highest BCUT2D eigenvalue weighted by Crippen LogP contribution is 2.26. The van der Waals surface area contributed by atoms with E-state index in [9.17, 15) is 13.2 Å². The molecule has 0 aliphatic carbocycles. The number of carbonyl (C=O) groups is 1. The zero-order chi connectivity index (χ0) is 19.4. The van der Waals surface area contributed by atoms with Crippen LogP contribution in [0.2, 0.25) is 0 Å². The van der Waals surface area contributed by atoms with E-state index in [1.165, 1.54) is 10.6 Å². The second-order valence-electron chi connectivity index (χ2n) is 6.52. The Hall–Kier alpha value is -2.10. The minimum atomic E-state index is -3.21. The van der Waals surface area contributed by atoms with Crippen LogP contribution in [0.3, 0.4) is 0 Å². The van der Waals surface area contributed by atoms with E-state index < -0.39 is 10.0 Å². The summed E-state index contributed by atoms with van der Waals surface area (Å²) in [4.78, 5) is 14.1. The molecule has 1 aliphatic rings. The molecule has 0 saturated carbocycles. The molecule has 2 heterocycles. The van der Waals surface area contributed by atoms with Crippen molar-refractivity contribution in [1.29, 1.82) is 0 Å². The van der Waals surface area contributed by atoms with E-state index >= 15 is 0 Å². The van der Waals surface area contributed by atoms with E-state index in [4.69, 9.17) is 9.47 Å². The van der Waals surface area contributed by atoms with Crippen LogP contribution in [0.5, 0.6) is 5.75 Å². The summed E-state index contributed by atoms with van der Waals surface area (Å²) < 4.78 is 37.5. The zero-order valence-corrected chi connectivity index (χ0v) is 16.4. The van der Waals surface area contributed by atoms with Crippen LogP contribution in [-0.2, 0) is 26.1 Å². The van der Waals surface area contributed by atoms with E-state index in [-0.39, 0.29) is 12.5 Å². The summed E-state index contributed by atoms with van der Waals surface area (Å²) in [5, 5.41) is 0.947. The van der Waals surface area contributed by atoms with Crippen LogP contribution >= 0.6 is 0 Å². The molecule has 1 aliphatic heterocycles. The van der Waals surface area contributed by atoms with Crippen molar-refractivity contribution in [2.24, 2.45) is 0 Å². The van der Waals surface area contributed by atoms with Gasteiger partial charge in [-0.3, -0.25) is 4.79 Å². The second-order valence-corrected chi connectivity index (χ2v) is 8.50. The molecule has 1 saturated heterocycles. The lowest BCUT2D eigenvalue weighted by Crippen LogP contribution is -2.51. The van der Waals surface area contributed by atoms with Gasteiger partial charge in [0.1, 0.15) is 5.75 Å². The standard InChI is InChI=1S/C18H25N3O5S/c1-25-13-12-19-7-6-15-16(19)4-3-5-17(15)26-14-18(22)20-8-10-21(11-9-20)27(2,23)24/h3-7H,8-14H2,1-2H3. The number of carbonyl (C=O) groups excluding carboxylic acids is 1.